The predicted octanol–water partition coefficient (Wildman–Crippen LogP) is 7.43. The van der Waals surface area contributed by atoms with E-state index in [2.05, 4.69) is 48.5 Å². The van der Waals surface area contributed by atoms with Crippen molar-refractivity contribution in [3.8, 4) is 0 Å². The van der Waals surface area contributed by atoms with Crippen molar-refractivity contribution in [1.82, 2.24) is 0 Å². The number of aliphatic hydroxyl groups excluding tert-OH is 1. The first kappa shape index (κ1) is 23.4. The van der Waals surface area contributed by atoms with Gasteiger partial charge in [-0.2, -0.15) is 0 Å². The number of hydrogen-bond donors (Lipinski definition) is 1. The van der Waals surface area contributed by atoms with Crippen LogP contribution < -0.4 is 0 Å². The van der Waals surface area contributed by atoms with Gasteiger partial charge in [-0.05, 0) is 109 Å². The molecule has 2 heteroatoms. The highest BCUT2D eigenvalue weighted by Crippen LogP contribution is 2.78. The summed E-state index contributed by atoms with van der Waals surface area (Å²) in [5, 5.41) is 11.3. The minimum Gasteiger partial charge on any atom is -0.396 e. The predicted molar refractivity (Wildman–Crippen MR) is 131 cm³/mol. The van der Waals surface area contributed by atoms with Crippen LogP contribution in [0.25, 0.3) is 0 Å². The van der Waals surface area contributed by atoms with E-state index in [1.54, 1.807) is 0 Å². The topological polar surface area (TPSA) is 37.3 Å². The number of fused-ring (bicyclic) bond motifs is 7. The first-order valence-electron chi connectivity index (χ1n) is 13.9. The summed E-state index contributed by atoms with van der Waals surface area (Å²) < 4.78 is 0. The van der Waals surface area contributed by atoms with Gasteiger partial charge in [0.05, 0.1) is 0 Å². The van der Waals surface area contributed by atoms with Crippen molar-refractivity contribution in [1.29, 1.82) is 0 Å². The van der Waals surface area contributed by atoms with E-state index in [0.717, 1.165) is 12.8 Å². The van der Waals surface area contributed by atoms with E-state index in [-0.39, 0.29) is 22.2 Å². The lowest BCUT2D eigenvalue weighted by molar-refractivity contribution is -0.271. The molecule has 0 amide bonds. The van der Waals surface area contributed by atoms with Gasteiger partial charge >= 0.3 is 0 Å². The molecule has 0 aliphatic heterocycles. The summed E-state index contributed by atoms with van der Waals surface area (Å²) >= 11 is 0. The van der Waals surface area contributed by atoms with E-state index in [4.69, 9.17) is 0 Å². The molecule has 9 atom stereocenters. The Bertz CT molecular complexity index is 801. The molecule has 0 radical (unpaired) electrons. The Balaban J connectivity index is 1.57. The molecule has 32 heavy (non-hydrogen) atoms. The lowest BCUT2D eigenvalue weighted by atomic mass is 9.30. The van der Waals surface area contributed by atoms with Gasteiger partial charge in [0.25, 0.3) is 0 Å². The molecule has 5 aliphatic carbocycles. The molecule has 0 bridgehead atoms. The number of aliphatic hydroxyl groups is 1. The van der Waals surface area contributed by atoms with Crippen molar-refractivity contribution in [2.75, 3.05) is 6.61 Å². The molecule has 5 rings (SSSR count). The molecule has 0 aromatic heterocycles. The molecule has 0 aromatic carbocycles. The number of hydrogen-bond acceptors (Lipinski definition) is 2. The summed E-state index contributed by atoms with van der Waals surface area (Å²) in [6, 6.07) is 0. The lowest BCUT2D eigenvalue weighted by Crippen LogP contribution is -2.69. The molecular formula is C30H50O2. The van der Waals surface area contributed by atoms with E-state index in [9.17, 15) is 9.90 Å². The zero-order chi connectivity index (χ0) is 23.4. The van der Waals surface area contributed by atoms with Crippen molar-refractivity contribution in [2.45, 2.75) is 119 Å². The summed E-state index contributed by atoms with van der Waals surface area (Å²) in [6.45, 7) is 17.8. The second-order valence-corrected chi connectivity index (χ2v) is 15.2. The van der Waals surface area contributed by atoms with Crippen molar-refractivity contribution in [3.05, 3.63) is 0 Å². The number of carbonyl (C=O) groups excluding carboxylic acids is 1. The molecule has 0 spiro atoms. The second-order valence-electron chi connectivity index (χ2n) is 15.2. The maximum Gasteiger partial charge on any atom is 0.136 e. The molecule has 0 saturated heterocycles. The van der Waals surface area contributed by atoms with Crippen LogP contribution in [0.2, 0.25) is 0 Å². The van der Waals surface area contributed by atoms with Crippen LogP contribution in [0.1, 0.15) is 119 Å². The van der Waals surface area contributed by atoms with Crippen LogP contribution in [-0.4, -0.2) is 17.5 Å². The standard InChI is InChI=1S/C30H50O2/c1-20-21(32)8-9-22-27(20,5)11-10-23-28(22,6)15-17-30(19-31)24-18-25(2,3)12-13-26(24,4)14-16-29(23,30)7/h20,22-24,31H,8-19H2,1-7H3/t20-,22+,23-,24+,26+,27+,28-,29+,30+/m0/s1. The number of ketones is 1. The van der Waals surface area contributed by atoms with Crippen molar-refractivity contribution >= 4 is 5.78 Å². The molecular weight excluding hydrogens is 392 g/mol. The smallest absolute Gasteiger partial charge is 0.136 e. The highest BCUT2D eigenvalue weighted by molar-refractivity contribution is 5.82. The van der Waals surface area contributed by atoms with Crippen LogP contribution in [-0.2, 0) is 4.79 Å². The zero-order valence-corrected chi connectivity index (χ0v) is 22.2. The molecule has 0 aromatic rings. The Hall–Kier alpha value is -0.370. The highest BCUT2D eigenvalue weighted by Gasteiger charge is 2.72. The minimum atomic E-state index is 0.0751. The first-order valence-corrected chi connectivity index (χ1v) is 13.9. The highest BCUT2D eigenvalue weighted by atomic mass is 16.3. The van der Waals surface area contributed by atoms with Crippen LogP contribution in [0.4, 0.5) is 0 Å². The van der Waals surface area contributed by atoms with Gasteiger partial charge in [-0.3, -0.25) is 4.79 Å². The Labute approximate surface area is 197 Å². The zero-order valence-electron chi connectivity index (χ0n) is 22.2. The SMILES string of the molecule is C[C@H]1C(=O)CC[C@@H]2[C@]1(C)CC[C@H]1[C@@]2(C)CC[C@@]2(CO)[C@@H]3CC(C)(C)CC[C@]3(C)CC[C@]12C. The maximum atomic E-state index is 12.7. The third-order valence-corrected chi connectivity index (χ3v) is 13.7. The number of rotatable bonds is 1. The maximum absolute atomic E-state index is 12.7. The fourth-order valence-corrected chi connectivity index (χ4v) is 11.3. The Morgan fingerprint density at radius 3 is 2.16 bits per heavy atom. The fraction of sp³-hybridized carbons (Fsp3) is 0.967. The van der Waals surface area contributed by atoms with Crippen LogP contribution in [0.5, 0.6) is 0 Å². The molecule has 2 nitrogen and oxygen atoms in total. The third kappa shape index (κ3) is 2.71. The van der Waals surface area contributed by atoms with E-state index < -0.39 is 0 Å². The number of carbonyl (C=O) groups is 1. The van der Waals surface area contributed by atoms with Crippen LogP contribution in [0, 0.1) is 56.2 Å². The quantitative estimate of drug-likeness (QED) is 0.458. The molecule has 5 aliphatic rings. The average molecular weight is 443 g/mol. The van der Waals surface area contributed by atoms with Crippen LogP contribution >= 0.6 is 0 Å². The van der Waals surface area contributed by atoms with Gasteiger partial charge in [-0.1, -0.05) is 48.5 Å². The number of Topliss-reactive ketones (excluding diaryl/α,β-unsaturated/α-hetero) is 1. The monoisotopic (exact) mass is 442 g/mol. The van der Waals surface area contributed by atoms with Gasteiger partial charge in [-0.15, -0.1) is 0 Å². The molecule has 182 valence electrons. The van der Waals surface area contributed by atoms with Crippen molar-refractivity contribution < 1.29 is 9.90 Å². The van der Waals surface area contributed by atoms with Crippen LogP contribution in [0.3, 0.4) is 0 Å². The summed E-state index contributed by atoms with van der Waals surface area (Å²) in [5.74, 6) is 2.71. The van der Waals surface area contributed by atoms with Crippen molar-refractivity contribution in [2.24, 2.45) is 56.2 Å². The molecule has 5 saturated carbocycles. The normalized spacial score (nSPS) is 57.1. The van der Waals surface area contributed by atoms with Gasteiger partial charge in [-0.25, -0.2) is 0 Å². The second kappa shape index (κ2) is 6.86. The summed E-state index contributed by atoms with van der Waals surface area (Å²) in [5.41, 5.74) is 1.58. The average Bonchev–Trinajstić information content (AvgIpc) is 2.72. The van der Waals surface area contributed by atoms with Gasteiger partial charge in [0, 0.05) is 24.4 Å². The fourth-order valence-electron chi connectivity index (χ4n) is 11.3. The van der Waals surface area contributed by atoms with Gasteiger partial charge in [0.2, 0.25) is 0 Å². The molecule has 0 heterocycles. The Kier molecular flexibility index (Phi) is 5.01. The van der Waals surface area contributed by atoms with E-state index >= 15 is 0 Å². The van der Waals surface area contributed by atoms with Crippen LogP contribution in [0.15, 0.2) is 0 Å². The van der Waals surface area contributed by atoms with Gasteiger partial charge in [0.1, 0.15) is 5.78 Å². The summed E-state index contributed by atoms with van der Waals surface area (Å²) in [4.78, 5) is 12.7. The van der Waals surface area contributed by atoms with E-state index in [0.29, 0.717) is 46.4 Å². The summed E-state index contributed by atoms with van der Waals surface area (Å²) in [6.07, 6.45) is 13.4. The van der Waals surface area contributed by atoms with E-state index in [1.165, 1.54) is 57.8 Å². The Morgan fingerprint density at radius 2 is 1.47 bits per heavy atom. The largest absolute Gasteiger partial charge is 0.396 e. The third-order valence-electron chi connectivity index (χ3n) is 13.7. The molecule has 0 unspecified atom stereocenters. The minimum absolute atomic E-state index is 0.0751. The molecule has 1 N–H and O–H groups in total. The lowest BCUT2D eigenvalue weighted by Gasteiger charge is -2.75. The van der Waals surface area contributed by atoms with E-state index in [1.807, 2.05) is 0 Å². The van der Waals surface area contributed by atoms with Gasteiger partial charge in [0.15, 0.2) is 0 Å². The van der Waals surface area contributed by atoms with Crippen molar-refractivity contribution in [3.63, 3.8) is 0 Å². The summed E-state index contributed by atoms with van der Waals surface area (Å²) in [7, 11) is 0. The Morgan fingerprint density at radius 1 is 0.781 bits per heavy atom. The first-order chi connectivity index (χ1) is 14.8. The van der Waals surface area contributed by atoms with Gasteiger partial charge < -0.3 is 5.11 Å². The molecule has 5 fully saturated rings.